The Hall–Kier alpha value is -2.75. The van der Waals surface area contributed by atoms with Gasteiger partial charge in [-0.3, -0.25) is 0 Å². The van der Waals surface area contributed by atoms with E-state index in [1.807, 2.05) is 24.3 Å². The summed E-state index contributed by atoms with van der Waals surface area (Å²) in [7, 11) is 0. The van der Waals surface area contributed by atoms with Crippen molar-refractivity contribution >= 4 is 17.9 Å². The molecule has 0 aliphatic carbocycles. The van der Waals surface area contributed by atoms with E-state index < -0.39 is 11.8 Å². The molecule has 3 nitrogen and oxygen atoms in total. The van der Waals surface area contributed by atoms with Gasteiger partial charge in [0.2, 0.25) is 5.90 Å². The lowest BCUT2D eigenvalue weighted by Gasteiger charge is -1.99. The lowest BCUT2D eigenvalue weighted by atomic mass is 10.1. The highest BCUT2D eigenvalue weighted by atomic mass is 19.1. The lowest BCUT2D eigenvalue weighted by molar-refractivity contribution is -0.129. The first-order chi connectivity index (χ1) is 10.7. The molecule has 0 bridgehead atoms. The minimum absolute atomic E-state index is 0.000437. The van der Waals surface area contributed by atoms with Crippen LogP contribution >= 0.6 is 0 Å². The van der Waals surface area contributed by atoms with E-state index in [-0.39, 0.29) is 17.2 Å². The SMILES string of the molecule is CCc1ccc(/C=C2/N=C(c3ccccc3F)OC2=O)cc1. The maximum atomic E-state index is 13.7. The molecule has 0 aromatic heterocycles. The van der Waals surface area contributed by atoms with Crippen molar-refractivity contribution in [1.29, 1.82) is 0 Å². The number of halogens is 1. The molecule has 0 atom stereocenters. The molecule has 0 fully saturated rings. The summed E-state index contributed by atoms with van der Waals surface area (Å²) < 4.78 is 18.8. The normalized spacial score (nSPS) is 15.8. The standard InChI is InChI=1S/C18H14FNO2/c1-2-12-7-9-13(10-8-12)11-16-18(21)22-17(20-16)14-5-3-4-6-15(14)19/h3-11H,2H2,1H3/b16-11+. The molecule has 3 rings (SSSR count). The van der Waals surface area contributed by atoms with Crippen molar-refractivity contribution in [3.05, 3.63) is 76.7 Å². The predicted octanol–water partition coefficient (Wildman–Crippen LogP) is 3.73. The van der Waals surface area contributed by atoms with E-state index in [9.17, 15) is 9.18 Å². The zero-order valence-corrected chi connectivity index (χ0v) is 12.0. The van der Waals surface area contributed by atoms with Gasteiger partial charge in [-0.15, -0.1) is 0 Å². The number of carbonyl (C=O) groups excluding carboxylic acids is 1. The molecule has 2 aromatic rings. The van der Waals surface area contributed by atoms with E-state index in [2.05, 4.69) is 11.9 Å². The van der Waals surface area contributed by atoms with Crippen LogP contribution in [0, 0.1) is 5.82 Å². The molecule has 22 heavy (non-hydrogen) atoms. The quantitative estimate of drug-likeness (QED) is 0.639. The Balaban J connectivity index is 1.92. The van der Waals surface area contributed by atoms with E-state index in [1.165, 1.54) is 17.7 Å². The van der Waals surface area contributed by atoms with Crippen molar-refractivity contribution < 1.29 is 13.9 Å². The molecule has 0 N–H and O–H groups in total. The summed E-state index contributed by atoms with van der Waals surface area (Å²) in [6.45, 7) is 2.08. The van der Waals surface area contributed by atoms with Crippen molar-refractivity contribution in [3.8, 4) is 0 Å². The van der Waals surface area contributed by atoms with Gasteiger partial charge in [0, 0.05) is 0 Å². The van der Waals surface area contributed by atoms with Crippen LogP contribution in [-0.4, -0.2) is 11.9 Å². The van der Waals surface area contributed by atoms with Crippen LogP contribution in [0.3, 0.4) is 0 Å². The van der Waals surface area contributed by atoms with Crippen LogP contribution in [0.15, 0.2) is 59.2 Å². The largest absolute Gasteiger partial charge is 0.402 e. The lowest BCUT2D eigenvalue weighted by Crippen LogP contribution is -2.07. The van der Waals surface area contributed by atoms with E-state index in [0.29, 0.717) is 0 Å². The summed E-state index contributed by atoms with van der Waals surface area (Å²) in [6.07, 6.45) is 2.59. The molecular weight excluding hydrogens is 281 g/mol. The molecular formula is C18H14FNO2. The second-order valence-electron chi connectivity index (χ2n) is 4.91. The Kier molecular flexibility index (Phi) is 3.83. The fourth-order valence-corrected chi connectivity index (χ4v) is 2.17. The van der Waals surface area contributed by atoms with Gasteiger partial charge in [-0.1, -0.05) is 43.3 Å². The van der Waals surface area contributed by atoms with E-state index in [1.54, 1.807) is 18.2 Å². The third kappa shape index (κ3) is 2.81. The zero-order chi connectivity index (χ0) is 15.5. The van der Waals surface area contributed by atoms with Crippen LogP contribution in [-0.2, 0) is 16.0 Å². The molecule has 4 heteroatoms. The number of carbonyl (C=O) groups is 1. The average molecular weight is 295 g/mol. The highest BCUT2D eigenvalue weighted by Crippen LogP contribution is 2.20. The van der Waals surface area contributed by atoms with Crippen molar-refractivity contribution in [1.82, 2.24) is 0 Å². The first-order valence-corrected chi connectivity index (χ1v) is 7.04. The molecule has 0 saturated carbocycles. The van der Waals surface area contributed by atoms with Crippen molar-refractivity contribution in [2.75, 3.05) is 0 Å². The zero-order valence-electron chi connectivity index (χ0n) is 12.0. The van der Waals surface area contributed by atoms with Gasteiger partial charge in [0.05, 0.1) is 5.56 Å². The maximum Gasteiger partial charge on any atom is 0.363 e. The topological polar surface area (TPSA) is 38.7 Å². The first-order valence-electron chi connectivity index (χ1n) is 7.04. The summed E-state index contributed by atoms with van der Waals surface area (Å²) in [5, 5.41) is 0. The second kappa shape index (κ2) is 5.93. The number of cyclic esters (lactones) is 1. The van der Waals surface area contributed by atoms with Gasteiger partial charge < -0.3 is 4.74 Å². The summed E-state index contributed by atoms with van der Waals surface area (Å²) >= 11 is 0. The molecule has 0 unspecified atom stereocenters. The summed E-state index contributed by atoms with van der Waals surface area (Å²) in [5.41, 5.74) is 2.41. The minimum atomic E-state index is -0.571. The number of benzene rings is 2. The molecule has 0 amide bonds. The number of hydrogen-bond donors (Lipinski definition) is 0. The van der Waals surface area contributed by atoms with E-state index in [4.69, 9.17) is 4.74 Å². The van der Waals surface area contributed by atoms with E-state index in [0.717, 1.165) is 12.0 Å². The third-order valence-corrected chi connectivity index (χ3v) is 3.42. The molecule has 0 saturated heterocycles. The van der Waals surface area contributed by atoms with Gasteiger partial charge in [-0.2, -0.15) is 0 Å². The van der Waals surface area contributed by atoms with Crippen LogP contribution in [0.5, 0.6) is 0 Å². The molecule has 1 aliphatic heterocycles. The van der Waals surface area contributed by atoms with Crippen molar-refractivity contribution in [3.63, 3.8) is 0 Å². The van der Waals surface area contributed by atoms with Gasteiger partial charge in [-0.25, -0.2) is 14.2 Å². The monoisotopic (exact) mass is 295 g/mol. The number of esters is 1. The average Bonchev–Trinajstić information content (AvgIpc) is 2.89. The van der Waals surface area contributed by atoms with Gasteiger partial charge in [0.1, 0.15) is 5.82 Å². The van der Waals surface area contributed by atoms with Gasteiger partial charge in [-0.05, 0) is 35.8 Å². The van der Waals surface area contributed by atoms with Crippen molar-refractivity contribution in [2.45, 2.75) is 13.3 Å². The number of aryl methyl sites for hydroxylation is 1. The fraction of sp³-hybridized carbons (Fsp3) is 0.111. The summed E-state index contributed by atoms with van der Waals surface area (Å²) in [5.74, 6) is -1.04. The second-order valence-corrected chi connectivity index (χ2v) is 4.91. The van der Waals surface area contributed by atoms with Crippen LogP contribution in [0.4, 0.5) is 4.39 Å². The van der Waals surface area contributed by atoms with Crippen LogP contribution in [0.1, 0.15) is 23.6 Å². The Morgan fingerprint density at radius 2 is 1.86 bits per heavy atom. The fourth-order valence-electron chi connectivity index (χ4n) is 2.17. The molecule has 110 valence electrons. The number of nitrogens with zero attached hydrogens (tertiary/aromatic N) is 1. The Bertz CT molecular complexity index is 776. The van der Waals surface area contributed by atoms with Crippen LogP contribution < -0.4 is 0 Å². The summed E-state index contributed by atoms with van der Waals surface area (Å²) in [4.78, 5) is 16.0. The molecule has 1 aliphatic rings. The molecule has 1 heterocycles. The smallest absolute Gasteiger partial charge is 0.363 e. The number of aliphatic imine (C=N–C) groups is 1. The Morgan fingerprint density at radius 1 is 1.14 bits per heavy atom. The van der Waals surface area contributed by atoms with Crippen LogP contribution in [0.2, 0.25) is 0 Å². The van der Waals surface area contributed by atoms with Gasteiger partial charge in [0.25, 0.3) is 0 Å². The Labute approximate surface area is 127 Å². The van der Waals surface area contributed by atoms with Crippen LogP contribution in [0.25, 0.3) is 6.08 Å². The summed E-state index contributed by atoms with van der Waals surface area (Å²) in [6, 6.07) is 13.9. The number of ether oxygens (including phenoxy) is 1. The van der Waals surface area contributed by atoms with Gasteiger partial charge >= 0.3 is 5.97 Å². The third-order valence-electron chi connectivity index (χ3n) is 3.42. The number of rotatable bonds is 3. The highest BCUT2D eigenvalue weighted by molar-refractivity contribution is 6.12. The predicted molar refractivity (Wildman–Crippen MR) is 82.8 cm³/mol. The maximum absolute atomic E-state index is 13.7. The molecule has 2 aromatic carbocycles. The highest BCUT2D eigenvalue weighted by Gasteiger charge is 2.25. The molecule has 0 radical (unpaired) electrons. The minimum Gasteiger partial charge on any atom is -0.402 e. The number of hydrogen-bond acceptors (Lipinski definition) is 3. The van der Waals surface area contributed by atoms with Gasteiger partial charge in [0.15, 0.2) is 5.70 Å². The first kappa shape index (κ1) is 14.2. The Morgan fingerprint density at radius 3 is 2.55 bits per heavy atom. The molecule has 0 spiro atoms. The van der Waals surface area contributed by atoms with E-state index >= 15 is 0 Å². The van der Waals surface area contributed by atoms with Crippen molar-refractivity contribution in [2.24, 2.45) is 4.99 Å².